The maximum atomic E-state index is 12.8. The van der Waals surface area contributed by atoms with Crippen molar-refractivity contribution in [3.05, 3.63) is 65.1 Å². The monoisotopic (exact) mass is 459 g/mol. The lowest BCUT2D eigenvalue weighted by Crippen LogP contribution is -2.12. The van der Waals surface area contributed by atoms with Crippen LogP contribution in [0.2, 0.25) is 0 Å². The molecule has 0 aliphatic heterocycles. The third-order valence-corrected chi connectivity index (χ3v) is 6.24. The average molecular weight is 460 g/mol. The van der Waals surface area contributed by atoms with Crippen LogP contribution in [-0.4, -0.2) is 38.2 Å². The summed E-state index contributed by atoms with van der Waals surface area (Å²) in [6.07, 6.45) is 7.31. The van der Waals surface area contributed by atoms with Crippen molar-refractivity contribution in [1.82, 2.24) is 25.1 Å². The lowest BCUT2D eigenvalue weighted by molar-refractivity contribution is 0.102. The number of pyridine rings is 1. The lowest BCUT2D eigenvalue weighted by Gasteiger charge is -2.11. The van der Waals surface area contributed by atoms with E-state index >= 15 is 0 Å². The van der Waals surface area contributed by atoms with Gasteiger partial charge < -0.3 is 10.1 Å². The number of benzene rings is 1. The minimum Gasteiger partial charge on any atom is -0.495 e. The second-order valence-corrected chi connectivity index (χ2v) is 8.72. The van der Waals surface area contributed by atoms with Gasteiger partial charge in [-0.15, -0.1) is 10.2 Å². The number of nitrogens with zero attached hydrogens (tertiary/aromatic N) is 5. The Kier molecular flexibility index (Phi) is 5.66. The number of ether oxygens (including phenoxy) is 1. The summed E-state index contributed by atoms with van der Waals surface area (Å²) >= 11 is 1.43. The number of hydrogen-bond donors (Lipinski definition) is 2. The van der Waals surface area contributed by atoms with Crippen LogP contribution in [0.5, 0.6) is 5.75 Å². The maximum absolute atomic E-state index is 12.8. The van der Waals surface area contributed by atoms with E-state index in [1.54, 1.807) is 43.9 Å². The van der Waals surface area contributed by atoms with Gasteiger partial charge in [-0.2, -0.15) is 0 Å². The zero-order valence-corrected chi connectivity index (χ0v) is 18.9. The van der Waals surface area contributed by atoms with E-state index in [4.69, 9.17) is 4.74 Å². The number of carbonyl (C=O) groups excluding carboxylic acids is 1. The van der Waals surface area contributed by atoms with Gasteiger partial charge in [0.1, 0.15) is 10.8 Å². The van der Waals surface area contributed by atoms with Gasteiger partial charge in [0, 0.05) is 35.1 Å². The number of nitrogens with one attached hydrogen (secondary N) is 2. The third-order valence-electron chi connectivity index (χ3n) is 5.23. The molecule has 9 nitrogen and oxygen atoms in total. The SMILES string of the molecule is COc1cncc(-c2ccnc(Nc3cc(C(=O)Nc4nnc(C5CC5)s4)ccc3C)n2)c1. The van der Waals surface area contributed by atoms with Crippen molar-refractivity contribution in [1.29, 1.82) is 0 Å². The Morgan fingerprint density at radius 3 is 2.85 bits per heavy atom. The number of carbonyl (C=O) groups is 1. The van der Waals surface area contributed by atoms with Gasteiger partial charge in [0.2, 0.25) is 11.1 Å². The van der Waals surface area contributed by atoms with E-state index < -0.39 is 0 Å². The first kappa shape index (κ1) is 21.0. The molecule has 1 aliphatic rings. The van der Waals surface area contributed by atoms with Gasteiger partial charge in [-0.1, -0.05) is 17.4 Å². The quantitative estimate of drug-likeness (QED) is 0.413. The number of rotatable bonds is 7. The summed E-state index contributed by atoms with van der Waals surface area (Å²) in [7, 11) is 1.59. The van der Waals surface area contributed by atoms with Crippen LogP contribution in [0.15, 0.2) is 48.9 Å². The average Bonchev–Trinajstić information content (AvgIpc) is 3.59. The summed E-state index contributed by atoms with van der Waals surface area (Å²) in [5.41, 5.74) is 3.70. The second-order valence-electron chi connectivity index (χ2n) is 7.71. The Bertz CT molecular complexity index is 1320. The summed E-state index contributed by atoms with van der Waals surface area (Å²) in [6, 6.07) is 9.09. The lowest BCUT2D eigenvalue weighted by atomic mass is 10.1. The van der Waals surface area contributed by atoms with Gasteiger partial charge in [0.25, 0.3) is 5.91 Å². The molecule has 1 aliphatic carbocycles. The summed E-state index contributed by atoms with van der Waals surface area (Å²) < 4.78 is 5.25. The van der Waals surface area contributed by atoms with E-state index in [-0.39, 0.29) is 5.91 Å². The van der Waals surface area contributed by atoms with Gasteiger partial charge in [0.15, 0.2) is 0 Å². The van der Waals surface area contributed by atoms with Crippen molar-refractivity contribution in [3.8, 4) is 17.0 Å². The molecule has 1 fully saturated rings. The van der Waals surface area contributed by atoms with E-state index in [1.807, 2.05) is 19.1 Å². The summed E-state index contributed by atoms with van der Waals surface area (Å²) in [5, 5.41) is 15.8. The fourth-order valence-corrected chi connectivity index (χ4v) is 4.13. The molecular weight excluding hydrogens is 438 g/mol. The Morgan fingerprint density at radius 1 is 1.15 bits per heavy atom. The number of hydrogen-bond acceptors (Lipinski definition) is 9. The second kappa shape index (κ2) is 8.91. The molecule has 3 aromatic heterocycles. The first-order valence-corrected chi connectivity index (χ1v) is 11.3. The highest BCUT2D eigenvalue weighted by Crippen LogP contribution is 2.42. The molecule has 1 aromatic carbocycles. The molecule has 10 heteroatoms. The highest BCUT2D eigenvalue weighted by molar-refractivity contribution is 7.15. The minimum atomic E-state index is -0.242. The molecule has 166 valence electrons. The van der Waals surface area contributed by atoms with E-state index in [2.05, 4.69) is 35.8 Å². The van der Waals surface area contributed by atoms with Crippen LogP contribution < -0.4 is 15.4 Å². The zero-order chi connectivity index (χ0) is 22.8. The van der Waals surface area contributed by atoms with E-state index in [9.17, 15) is 4.79 Å². The van der Waals surface area contributed by atoms with Crippen LogP contribution in [0.3, 0.4) is 0 Å². The van der Waals surface area contributed by atoms with Crippen molar-refractivity contribution >= 4 is 34.0 Å². The Hall–Kier alpha value is -3.92. The predicted octanol–water partition coefficient (Wildman–Crippen LogP) is 4.58. The van der Waals surface area contributed by atoms with Crippen LogP contribution in [-0.2, 0) is 0 Å². The standard InChI is InChI=1S/C23H21N7O2S/c1-13-3-4-15(20(31)28-23-30-29-21(33-23)14-5-6-14)10-19(13)27-22-25-8-7-18(26-22)16-9-17(32-2)12-24-11-16/h3-4,7-12,14H,5-6H2,1-2H3,(H,25,26,27)(H,28,30,31). The molecule has 2 N–H and O–H groups in total. The largest absolute Gasteiger partial charge is 0.495 e. The highest BCUT2D eigenvalue weighted by Gasteiger charge is 2.27. The number of aryl methyl sites for hydroxylation is 1. The molecule has 3 heterocycles. The number of anilines is 3. The minimum absolute atomic E-state index is 0.242. The molecule has 0 bridgehead atoms. The van der Waals surface area contributed by atoms with Crippen LogP contribution >= 0.6 is 11.3 Å². The molecule has 5 rings (SSSR count). The fourth-order valence-electron chi connectivity index (χ4n) is 3.22. The topological polar surface area (TPSA) is 115 Å². The van der Waals surface area contributed by atoms with Crippen LogP contribution in [0.4, 0.5) is 16.8 Å². The molecule has 0 spiro atoms. The Balaban J connectivity index is 1.34. The molecule has 0 radical (unpaired) electrons. The molecule has 4 aromatic rings. The van der Waals surface area contributed by atoms with Gasteiger partial charge >= 0.3 is 0 Å². The molecule has 0 unspecified atom stereocenters. The molecule has 0 saturated heterocycles. The number of aromatic nitrogens is 5. The Labute approximate surface area is 194 Å². The van der Waals surface area contributed by atoms with Gasteiger partial charge in [0.05, 0.1) is 19.0 Å². The van der Waals surface area contributed by atoms with Crippen molar-refractivity contribution in [3.63, 3.8) is 0 Å². The van der Waals surface area contributed by atoms with Crippen LogP contribution in [0.25, 0.3) is 11.3 Å². The van der Waals surface area contributed by atoms with Crippen LogP contribution in [0.1, 0.15) is 39.7 Å². The highest BCUT2D eigenvalue weighted by atomic mass is 32.1. The van der Waals surface area contributed by atoms with Crippen molar-refractivity contribution in [2.24, 2.45) is 0 Å². The van der Waals surface area contributed by atoms with Gasteiger partial charge in [-0.3, -0.25) is 15.1 Å². The molecular formula is C23H21N7O2S. The summed E-state index contributed by atoms with van der Waals surface area (Å²) in [4.78, 5) is 25.9. The maximum Gasteiger partial charge on any atom is 0.257 e. The normalized spacial score (nSPS) is 12.9. The zero-order valence-electron chi connectivity index (χ0n) is 18.1. The molecule has 33 heavy (non-hydrogen) atoms. The number of amides is 1. The van der Waals surface area contributed by atoms with E-state index in [1.165, 1.54) is 11.3 Å². The molecule has 1 amide bonds. The van der Waals surface area contributed by atoms with Gasteiger partial charge in [-0.25, -0.2) is 9.97 Å². The molecule has 1 saturated carbocycles. The molecule has 0 atom stereocenters. The van der Waals surface area contributed by atoms with Crippen molar-refractivity contribution < 1.29 is 9.53 Å². The third kappa shape index (κ3) is 4.80. The smallest absolute Gasteiger partial charge is 0.257 e. The fraction of sp³-hybridized carbons (Fsp3) is 0.217. The van der Waals surface area contributed by atoms with Crippen molar-refractivity contribution in [2.45, 2.75) is 25.7 Å². The van der Waals surface area contributed by atoms with Gasteiger partial charge in [-0.05, 0) is 49.6 Å². The van der Waals surface area contributed by atoms with Crippen LogP contribution in [0, 0.1) is 6.92 Å². The summed E-state index contributed by atoms with van der Waals surface area (Å²) in [5.74, 6) is 1.32. The Morgan fingerprint density at radius 2 is 2.03 bits per heavy atom. The van der Waals surface area contributed by atoms with Crippen molar-refractivity contribution in [2.75, 3.05) is 17.7 Å². The first-order chi connectivity index (χ1) is 16.1. The number of methoxy groups -OCH3 is 1. The van der Waals surface area contributed by atoms with E-state index in [0.29, 0.717) is 34.0 Å². The summed E-state index contributed by atoms with van der Waals surface area (Å²) in [6.45, 7) is 1.95. The van der Waals surface area contributed by atoms with E-state index in [0.717, 1.165) is 34.7 Å². The first-order valence-electron chi connectivity index (χ1n) is 10.4. The predicted molar refractivity (Wildman–Crippen MR) is 126 cm³/mol.